The number of rotatable bonds is 7. The van der Waals surface area contributed by atoms with Gasteiger partial charge >= 0.3 is 5.97 Å². The highest BCUT2D eigenvalue weighted by Gasteiger charge is 2.29. The van der Waals surface area contributed by atoms with Crippen molar-refractivity contribution in [2.75, 3.05) is 22.5 Å². The smallest absolute Gasteiger partial charge is 0.338 e. The van der Waals surface area contributed by atoms with E-state index in [1.165, 1.54) is 25.1 Å². The number of anilines is 2. The first-order chi connectivity index (χ1) is 13.1. The van der Waals surface area contributed by atoms with Crippen LogP contribution in [0, 0.1) is 0 Å². The second kappa shape index (κ2) is 9.07. The lowest BCUT2D eigenvalue weighted by molar-refractivity contribution is -0.116. The Kier molecular flexibility index (Phi) is 7.04. The molecule has 0 radical (unpaired) electrons. The summed E-state index contributed by atoms with van der Waals surface area (Å²) in [6.07, 6.45) is 1.03. The van der Waals surface area contributed by atoms with Gasteiger partial charge in [0, 0.05) is 0 Å². The van der Waals surface area contributed by atoms with Gasteiger partial charge in [0.2, 0.25) is 15.9 Å². The van der Waals surface area contributed by atoms with Gasteiger partial charge in [0.15, 0.2) is 0 Å². The maximum atomic E-state index is 12.7. The molecule has 1 N–H and O–H groups in total. The van der Waals surface area contributed by atoms with Gasteiger partial charge in [0.25, 0.3) is 0 Å². The standard InChI is InChI=1S/C19H21ClN2O5S/c1-4-27-19(24)14-10-11-17(16(20)12-14)21-18(23)13(2)22(28(3,25)26)15-8-6-5-7-9-15/h5-13H,4H2,1-3H3,(H,21,23)/t13-/m1/s1. The maximum Gasteiger partial charge on any atom is 0.338 e. The van der Waals surface area contributed by atoms with Gasteiger partial charge in [-0.05, 0) is 44.2 Å². The van der Waals surface area contributed by atoms with Crippen LogP contribution in [-0.2, 0) is 19.6 Å². The molecule has 0 aromatic heterocycles. The predicted molar refractivity (Wildman–Crippen MR) is 109 cm³/mol. The average Bonchev–Trinajstić information content (AvgIpc) is 2.63. The Labute approximate surface area is 169 Å². The van der Waals surface area contributed by atoms with Gasteiger partial charge in [0.1, 0.15) is 6.04 Å². The molecule has 0 heterocycles. The van der Waals surface area contributed by atoms with Gasteiger partial charge in [-0.3, -0.25) is 9.10 Å². The number of carbonyl (C=O) groups is 2. The van der Waals surface area contributed by atoms with Crippen molar-refractivity contribution in [2.45, 2.75) is 19.9 Å². The Hall–Kier alpha value is -2.58. The van der Waals surface area contributed by atoms with Crippen molar-refractivity contribution < 1.29 is 22.7 Å². The van der Waals surface area contributed by atoms with Crippen LogP contribution in [0.1, 0.15) is 24.2 Å². The highest BCUT2D eigenvalue weighted by molar-refractivity contribution is 7.92. The van der Waals surface area contributed by atoms with E-state index in [1.54, 1.807) is 37.3 Å². The molecule has 2 aromatic carbocycles. The molecule has 1 amide bonds. The lowest BCUT2D eigenvalue weighted by Gasteiger charge is -2.28. The fraction of sp³-hybridized carbons (Fsp3) is 0.263. The Morgan fingerprint density at radius 2 is 1.82 bits per heavy atom. The Morgan fingerprint density at radius 3 is 2.36 bits per heavy atom. The molecule has 28 heavy (non-hydrogen) atoms. The number of carbonyl (C=O) groups excluding carboxylic acids is 2. The maximum absolute atomic E-state index is 12.7. The summed E-state index contributed by atoms with van der Waals surface area (Å²) in [5.41, 5.74) is 0.879. The van der Waals surface area contributed by atoms with Crippen LogP contribution in [0.2, 0.25) is 5.02 Å². The van der Waals surface area contributed by atoms with Crippen molar-refractivity contribution in [1.82, 2.24) is 0 Å². The summed E-state index contributed by atoms with van der Waals surface area (Å²) >= 11 is 6.15. The molecule has 150 valence electrons. The van der Waals surface area contributed by atoms with Gasteiger partial charge in [0.05, 0.1) is 34.8 Å². The highest BCUT2D eigenvalue weighted by atomic mass is 35.5. The molecule has 0 aliphatic carbocycles. The number of benzene rings is 2. The molecule has 0 saturated heterocycles. The minimum atomic E-state index is -3.71. The first-order valence-corrected chi connectivity index (χ1v) is 10.7. The number of ether oxygens (including phenoxy) is 1. The average molecular weight is 425 g/mol. The van der Waals surface area contributed by atoms with Crippen LogP contribution < -0.4 is 9.62 Å². The van der Waals surface area contributed by atoms with Gasteiger partial charge in [-0.2, -0.15) is 0 Å². The third kappa shape index (κ3) is 5.24. The molecule has 9 heteroatoms. The van der Waals surface area contributed by atoms with Crippen LogP contribution in [0.5, 0.6) is 0 Å². The predicted octanol–water partition coefficient (Wildman–Crippen LogP) is 3.31. The van der Waals surface area contributed by atoms with E-state index in [1.807, 2.05) is 0 Å². The first-order valence-electron chi connectivity index (χ1n) is 8.47. The molecule has 2 rings (SSSR count). The number of sulfonamides is 1. The number of hydrogen-bond acceptors (Lipinski definition) is 5. The van der Waals surface area contributed by atoms with Crippen molar-refractivity contribution in [3.8, 4) is 0 Å². The zero-order chi connectivity index (χ0) is 20.9. The van der Waals surface area contributed by atoms with Crippen LogP contribution in [0.25, 0.3) is 0 Å². The topological polar surface area (TPSA) is 92.8 Å². The van der Waals surface area contributed by atoms with Crippen molar-refractivity contribution in [3.63, 3.8) is 0 Å². The summed E-state index contributed by atoms with van der Waals surface area (Å²) in [7, 11) is -3.71. The summed E-state index contributed by atoms with van der Waals surface area (Å²) in [5, 5.41) is 2.74. The molecule has 0 saturated carbocycles. The fourth-order valence-electron chi connectivity index (χ4n) is 2.58. The molecule has 7 nitrogen and oxygen atoms in total. The number of para-hydroxylation sites is 1. The Morgan fingerprint density at radius 1 is 1.18 bits per heavy atom. The van der Waals surface area contributed by atoms with Crippen LogP contribution >= 0.6 is 11.6 Å². The zero-order valence-corrected chi connectivity index (χ0v) is 17.3. The van der Waals surface area contributed by atoms with Gasteiger partial charge in [-0.1, -0.05) is 29.8 Å². The van der Waals surface area contributed by atoms with E-state index in [0.717, 1.165) is 10.6 Å². The van der Waals surface area contributed by atoms with Gasteiger partial charge < -0.3 is 10.1 Å². The monoisotopic (exact) mass is 424 g/mol. The lowest BCUT2D eigenvalue weighted by Crippen LogP contribution is -2.45. The zero-order valence-electron chi connectivity index (χ0n) is 15.7. The van der Waals surface area contributed by atoms with Crippen LogP contribution in [-0.4, -0.2) is 39.2 Å². The van der Waals surface area contributed by atoms with Crippen LogP contribution in [0.4, 0.5) is 11.4 Å². The van der Waals surface area contributed by atoms with Gasteiger partial charge in [-0.15, -0.1) is 0 Å². The first kappa shape index (κ1) is 21.7. The third-order valence-electron chi connectivity index (χ3n) is 3.84. The van der Waals surface area contributed by atoms with Crippen LogP contribution in [0.3, 0.4) is 0 Å². The van der Waals surface area contributed by atoms with E-state index >= 15 is 0 Å². The van der Waals surface area contributed by atoms with E-state index < -0.39 is 27.9 Å². The van der Waals surface area contributed by atoms with Crippen LogP contribution in [0.15, 0.2) is 48.5 Å². The van der Waals surface area contributed by atoms with E-state index in [2.05, 4.69) is 5.32 Å². The third-order valence-corrected chi connectivity index (χ3v) is 5.39. The number of nitrogens with zero attached hydrogens (tertiary/aromatic N) is 1. The number of amides is 1. The van der Waals surface area contributed by atoms with E-state index in [0.29, 0.717) is 5.69 Å². The Balaban J connectivity index is 2.24. The summed E-state index contributed by atoms with van der Waals surface area (Å²) in [4.78, 5) is 24.4. The highest BCUT2D eigenvalue weighted by Crippen LogP contribution is 2.25. The number of nitrogens with one attached hydrogen (secondary N) is 1. The second-order valence-electron chi connectivity index (χ2n) is 5.97. The summed E-state index contributed by atoms with van der Waals surface area (Å²) in [5.74, 6) is -1.09. The SMILES string of the molecule is CCOC(=O)c1ccc(NC(=O)[C@@H](C)N(c2ccccc2)S(C)(=O)=O)c(Cl)c1. The minimum Gasteiger partial charge on any atom is -0.462 e. The summed E-state index contributed by atoms with van der Waals surface area (Å²) in [6, 6.07) is 11.6. The summed E-state index contributed by atoms with van der Waals surface area (Å²) in [6.45, 7) is 3.40. The molecule has 0 aliphatic heterocycles. The summed E-state index contributed by atoms with van der Waals surface area (Å²) < 4.78 is 30.4. The van der Waals surface area contributed by atoms with Crippen molar-refractivity contribution in [1.29, 1.82) is 0 Å². The lowest BCUT2D eigenvalue weighted by atomic mass is 10.2. The molecular weight excluding hydrogens is 404 g/mol. The van der Waals surface area contributed by atoms with E-state index in [9.17, 15) is 18.0 Å². The van der Waals surface area contributed by atoms with E-state index in [4.69, 9.17) is 16.3 Å². The van der Waals surface area contributed by atoms with E-state index in [-0.39, 0.29) is 22.9 Å². The number of hydrogen-bond donors (Lipinski definition) is 1. The molecule has 1 atom stereocenters. The molecule has 0 spiro atoms. The minimum absolute atomic E-state index is 0.136. The molecule has 0 bridgehead atoms. The fourth-order valence-corrected chi connectivity index (χ4v) is 3.98. The molecule has 2 aromatic rings. The van der Waals surface area contributed by atoms with Crippen molar-refractivity contribution in [2.24, 2.45) is 0 Å². The number of halogens is 1. The van der Waals surface area contributed by atoms with Crippen molar-refractivity contribution in [3.05, 3.63) is 59.1 Å². The quantitative estimate of drug-likeness (QED) is 0.688. The molecule has 0 unspecified atom stereocenters. The molecular formula is C19H21ClN2O5S. The molecule has 0 aliphatic rings. The van der Waals surface area contributed by atoms with Crippen molar-refractivity contribution >= 4 is 44.9 Å². The van der Waals surface area contributed by atoms with Gasteiger partial charge in [-0.25, -0.2) is 13.2 Å². The largest absolute Gasteiger partial charge is 0.462 e. The number of esters is 1. The normalized spacial score (nSPS) is 12.1. The molecule has 0 fully saturated rings. The Bertz CT molecular complexity index is 964. The second-order valence-corrected chi connectivity index (χ2v) is 8.24.